The van der Waals surface area contributed by atoms with Gasteiger partial charge in [0.15, 0.2) is 11.6 Å². The minimum absolute atomic E-state index is 0.0121. The molecule has 0 saturated carbocycles. The normalized spacial score (nSPS) is 15.4. The summed E-state index contributed by atoms with van der Waals surface area (Å²) in [6, 6.07) is 3.16. The van der Waals surface area contributed by atoms with Gasteiger partial charge in [0, 0.05) is 19.0 Å². The molecule has 0 atom stereocenters. The van der Waals surface area contributed by atoms with E-state index in [1.807, 2.05) is 0 Å². The summed E-state index contributed by atoms with van der Waals surface area (Å²) < 4.78 is 31.0. The van der Waals surface area contributed by atoms with Gasteiger partial charge < -0.3 is 9.64 Å². The third kappa shape index (κ3) is 2.93. The van der Waals surface area contributed by atoms with Crippen molar-refractivity contribution in [2.75, 3.05) is 19.7 Å². The number of likely N-dealkylation sites (tertiary alicyclic amines) is 1. The first-order chi connectivity index (χ1) is 8.16. The van der Waals surface area contributed by atoms with E-state index in [0.717, 1.165) is 25.1 Å². The molecule has 92 valence electrons. The molecule has 1 saturated heterocycles. The first kappa shape index (κ1) is 11.8. The summed E-state index contributed by atoms with van der Waals surface area (Å²) in [6.45, 7) is 1.39. The van der Waals surface area contributed by atoms with E-state index in [0.29, 0.717) is 13.0 Å². The van der Waals surface area contributed by atoms with Gasteiger partial charge in [-0.2, -0.15) is 0 Å². The fourth-order valence-corrected chi connectivity index (χ4v) is 1.80. The van der Waals surface area contributed by atoms with Gasteiger partial charge in [0.05, 0.1) is 6.54 Å². The van der Waals surface area contributed by atoms with Crippen LogP contribution in [0.5, 0.6) is 5.75 Å². The van der Waals surface area contributed by atoms with Crippen LogP contribution in [0.25, 0.3) is 0 Å². The van der Waals surface area contributed by atoms with Gasteiger partial charge in [0.1, 0.15) is 12.4 Å². The topological polar surface area (TPSA) is 29.5 Å². The maximum absolute atomic E-state index is 13.2. The molecule has 1 amide bonds. The fourth-order valence-electron chi connectivity index (χ4n) is 1.80. The minimum Gasteiger partial charge on any atom is -0.489 e. The van der Waals surface area contributed by atoms with Crippen molar-refractivity contribution < 1.29 is 18.3 Å². The summed E-state index contributed by atoms with van der Waals surface area (Å²) in [7, 11) is 0. The molecule has 0 unspecified atom stereocenters. The quantitative estimate of drug-likeness (QED) is 0.806. The Labute approximate surface area is 98.0 Å². The molecule has 1 aliphatic rings. The number of halogens is 2. The van der Waals surface area contributed by atoms with Crippen LogP contribution in [-0.4, -0.2) is 30.5 Å². The lowest BCUT2D eigenvalue weighted by atomic mass is 10.3. The van der Waals surface area contributed by atoms with E-state index < -0.39 is 11.6 Å². The number of hydrogen-bond donors (Lipinski definition) is 0. The molecule has 1 aliphatic heterocycles. The van der Waals surface area contributed by atoms with E-state index in [9.17, 15) is 13.6 Å². The van der Waals surface area contributed by atoms with Crippen LogP contribution in [0.1, 0.15) is 12.8 Å². The summed E-state index contributed by atoms with van der Waals surface area (Å²) in [6.07, 6.45) is 1.44. The summed E-state index contributed by atoms with van der Waals surface area (Å²) in [4.78, 5) is 13.0. The molecule has 1 aromatic rings. The van der Waals surface area contributed by atoms with Crippen LogP contribution in [0, 0.1) is 11.6 Å². The molecule has 1 heterocycles. The van der Waals surface area contributed by atoms with Crippen molar-refractivity contribution >= 4 is 5.91 Å². The highest BCUT2D eigenvalue weighted by Gasteiger charge is 2.19. The van der Waals surface area contributed by atoms with E-state index >= 15 is 0 Å². The SMILES string of the molecule is O=C1CCCN1CCOc1ccc(F)cc1F. The van der Waals surface area contributed by atoms with Crippen molar-refractivity contribution in [3.63, 3.8) is 0 Å². The number of hydrogen-bond acceptors (Lipinski definition) is 2. The first-order valence-electron chi connectivity index (χ1n) is 5.52. The number of benzene rings is 1. The summed E-state index contributed by atoms with van der Waals surface area (Å²) in [5, 5.41) is 0. The average molecular weight is 241 g/mol. The molecule has 3 nitrogen and oxygen atoms in total. The van der Waals surface area contributed by atoms with Gasteiger partial charge in [-0.05, 0) is 18.6 Å². The molecule has 0 aromatic heterocycles. The van der Waals surface area contributed by atoms with E-state index in [4.69, 9.17) is 4.74 Å². The first-order valence-corrected chi connectivity index (χ1v) is 5.52. The molecule has 5 heteroatoms. The van der Waals surface area contributed by atoms with Gasteiger partial charge in [-0.3, -0.25) is 4.79 Å². The van der Waals surface area contributed by atoms with Crippen LogP contribution in [0.4, 0.5) is 8.78 Å². The van der Waals surface area contributed by atoms with Crippen LogP contribution in [0.15, 0.2) is 18.2 Å². The fraction of sp³-hybridized carbons (Fsp3) is 0.417. The van der Waals surface area contributed by atoms with Crippen molar-refractivity contribution in [1.29, 1.82) is 0 Å². The zero-order chi connectivity index (χ0) is 12.3. The standard InChI is InChI=1S/C12H13F2NO2/c13-9-3-4-11(10(14)8-9)17-7-6-15-5-1-2-12(15)16/h3-4,8H,1-2,5-7H2. The Hall–Kier alpha value is -1.65. The van der Waals surface area contributed by atoms with Crippen LogP contribution >= 0.6 is 0 Å². The van der Waals surface area contributed by atoms with Crippen molar-refractivity contribution in [2.24, 2.45) is 0 Å². The number of amides is 1. The summed E-state index contributed by atoms with van der Waals surface area (Å²) >= 11 is 0. The molecule has 1 fully saturated rings. The lowest BCUT2D eigenvalue weighted by Gasteiger charge is -2.15. The lowest BCUT2D eigenvalue weighted by molar-refractivity contribution is -0.128. The maximum Gasteiger partial charge on any atom is 0.222 e. The number of nitrogens with zero attached hydrogens (tertiary/aromatic N) is 1. The molecular weight excluding hydrogens is 228 g/mol. The molecule has 17 heavy (non-hydrogen) atoms. The van der Waals surface area contributed by atoms with Gasteiger partial charge in [-0.1, -0.05) is 0 Å². The van der Waals surface area contributed by atoms with E-state index in [-0.39, 0.29) is 18.3 Å². The highest BCUT2D eigenvalue weighted by molar-refractivity contribution is 5.78. The van der Waals surface area contributed by atoms with Crippen molar-refractivity contribution in [3.05, 3.63) is 29.8 Å². The smallest absolute Gasteiger partial charge is 0.222 e. The second-order valence-electron chi connectivity index (χ2n) is 3.91. The van der Waals surface area contributed by atoms with Crippen LogP contribution in [0.3, 0.4) is 0 Å². The van der Waals surface area contributed by atoms with Gasteiger partial charge in [-0.15, -0.1) is 0 Å². The largest absolute Gasteiger partial charge is 0.489 e. The molecule has 0 N–H and O–H groups in total. The highest BCUT2D eigenvalue weighted by Crippen LogP contribution is 2.17. The van der Waals surface area contributed by atoms with Gasteiger partial charge in [0.2, 0.25) is 5.91 Å². The predicted octanol–water partition coefficient (Wildman–Crippen LogP) is 1.97. The molecule has 0 radical (unpaired) electrons. The van der Waals surface area contributed by atoms with Crippen molar-refractivity contribution in [2.45, 2.75) is 12.8 Å². The number of carbonyl (C=O) groups excluding carboxylic acids is 1. The second kappa shape index (κ2) is 5.12. The molecule has 0 spiro atoms. The highest BCUT2D eigenvalue weighted by atomic mass is 19.1. The third-order valence-electron chi connectivity index (χ3n) is 2.68. The van der Waals surface area contributed by atoms with Crippen LogP contribution in [-0.2, 0) is 4.79 Å². The summed E-state index contributed by atoms with van der Waals surface area (Å²) in [5.41, 5.74) is 0. The lowest BCUT2D eigenvalue weighted by Crippen LogP contribution is -2.29. The second-order valence-corrected chi connectivity index (χ2v) is 3.91. The van der Waals surface area contributed by atoms with Gasteiger partial charge >= 0.3 is 0 Å². The Morgan fingerprint density at radius 3 is 2.82 bits per heavy atom. The van der Waals surface area contributed by atoms with Crippen LogP contribution < -0.4 is 4.74 Å². The Balaban J connectivity index is 1.83. The number of rotatable bonds is 4. The monoisotopic (exact) mass is 241 g/mol. The summed E-state index contributed by atoms with van der Waals surface area (Å²) in [5.74, 6) is -1.24. The zero-order valence-electron chi connectivity index (χ0n) is 9.29. The number of carbonyl (C=O) groups is 1. The van der Waals surface area contributed by atoms with E-state index in [2.05, 4.69) is 0 Å². The molecule has 0 bridgehead atoms. The minimum atomic E-state index is -0.724. The van der Waals surface area contributed by atoms with E-state index in [1.54, 1.807) is 4.90 Å². The van der Waals surface area contributed by atoms with Crippen molar-refractivity contribution in [3.8, 4) is 5.75 Å². The Morgan fingerprint density at radius 1 is 1.35 bits per heavy atom. The maximum atomic E-state index is 13.2. The third-order valence-corrected chi connectivity index (χ3v) is 2.68. The average Bonchev–Trinajstić information content (AvgIpc) is 2.68. The Kier molecular flexibility index (Phi) is 3.56. The Morgan fingerprint density at radius 2 is 2.18 bits per heavy atom. The molecule has 1 aromatic carbocycles. The molecule has 2 rings (SSSR count). The van der Waals surface area contributed by atoms with Gasteiger partial charge in [-0.25, -0.2) is 8.78 Å². The van der Waals surface area contributed by atoms with E-state index in [1.165, 1.54) is 6.07 Å². The zero-order valence-corrected chi connectivity index (χ0v) is 9.29. The molecule has 0 aliphatic carbocycles. The Bertz CT molecular complexity index is 423. The van der Waals surface area contributed by atoms with Gasteiger partial charge in [0.25, 0.3) is 0 Å². The van der Waals surface area contributed by atoms with Crippen molar-refractivity contribution in [1.82, 2.24) is 4.90 Å². The van der Waals surface area contributed by atoms with Crippen LogP contribution in [0.2, 0.25) is 0 Å². The predicted molar refractivity (Wildman–Crippen MR) is 57.7 cm³/mol. The number of ether oxygens (including phenoxy) is 1. The molecular formula is C12H13F2NO2.